The number of aryl methyl sites for hydroxylation is 1. The summed E-state index contributed by atoms with van der Waals surface area (Å²) >= 11 is 0. The second-order valence-electron chi connectivity index (χ2n) is 6.49. The van der Waals surface area contributed by atoms with Crippen LogP contribution in [0.2, 0.25) is 0 Å². The van der Waals surface area contributed by atoms with Crippen molar-refractivity contribution in [2.75, 3.05) is 26.3 Å². The van der Waals surface area contributed by atoms with Gasteiger partial charge in [0, 0.05) is 42.8 Å². The largest absolute Gasteiger partial charge is 0.379 e. The molecule has 0 bridgehead atoms. The van der Waals surface area contributed by atoms with E-state index in [-0.39, 0.29) is 11.8 Å². The van der Waals surface area contributed by atoms with Gasteiger partial charge in [0.15, 0.2) is 5.65 Å². The zero-order valence-electron chi connectivity index (χ0n) is 14.6. The van der Waals surface area contributed by atoms with E-state index in [9.17, 15) is 4.79 Å². The quantitative estimate of drug-likeness (QED) is 0.703. The second kappa shape index (κ2) is 7.17. The number of rotatable bonds is 3. The molecular weight excluding hydrogens is 332 g/mol. The molecule has 0 aliphatic carbocycles. The van der Waals surface area contributed by atoms with E-state index in [0.29, 0.717) is 37.5 Å². The summed E-state index contributed by atoms with van der Waals surface area (Å²) in [5, 5.41) is 4.21. The predicted octanol–water partition coefficient (Wildman–Crippen LogP) is 1.16. The number of nitrogens with zero attached hydrogens (tertiary/aromatic N) is 6. The fourth-order valence-electron chi connectivity index (χ4n) is 3.25. The van der Waals surface area contributed by atoms with E-state index in [1.807, 2.05) is 17.9 Å². The van der Waals surface area contributed by atoms with Crippen LogP contribution in [0.25, 0.3) is 5.65 Å². The van der Waals surface area contributed by atoms with E-state index in [4.69, 9.17) is 4.74 Å². The van der Waals surface area contributed by atoms with Gasteiger partial charge in [-0.2, -0.15) is 5.10 Å². The fraction of sp³-hybridized carbons (Fsp3) is 0.389. The van der Waals surface area contributed by atoms with Crippen molar-refractivity contribution in [1.29, 1.82) is 0 Å². The highest BCUT2D eigenvalue weighted by atomic mass is 16.5. The van der Waals surface area contributed by atoms with Crippen LogP contribution < -0.4 is 0 Å². The van der Waals surface area contributed by atoms with Gasteiger partial charge in [-0.25, -0.2) is 19.5 Å². The number of carbonyl (C=O) groups excluding carboxylic acids is 1. The lowest BCUT2D eigenvalue weighted by molar-refractivity contribution is 0.0739. The highest BCUT2D eigenvalue weighted by molar-refractivity contribution is 5.99. The molecule has 0 aromatic carbocycles. The van der Waals surface area contributed by atoms with Crippen LogP contribution in [0.1, 0.15) is 21.7 Å². The van der Waals surface area contributed by atoms with Gasteiger partial charge in [0.1, 0.15) is 11.9 Å². The highest BCUT2D eigenvalue weighted by Crippen LogP contribution is 2.17. The Morgan fingerprint density at radius 2 is 2.27 bits per heavy atom. The van der Waals surface area contributed by atoms with Gasteiger partial charge in [0.05, 0.1) is 19.4 Å². The molecule has 3 aromatic heterocycles. The summed E-state index contributed by atoms with van der Waals surface area (Å²) in [6, 6.07) is 3.76. The van der Waals surface area contributed by atoms with Gasteiger partial charge in [-0.1, -0.05) is 0 Å². The smallest absolute Gasteiger partial charge is 0.259 e. The van der Waals surface area contributed by atoms with Crippen LogP contribution in [-0.2, 0) is 11.2 Å². The standard InChI is InChI=1S/C18H20N6O2/c1-13-7-15(21-12-20-13)8-14-10-23(5-6-26-11-14)18(25)16-9-22-24-4-2-3-19-17(16)24/h2-4,7,9,12,14H,5-6,8,10-11H2,1H3/t14-/m0/s1. The van der Waals surface area contributed by atoms with E-state index < -0.39 is 0 Å². The topological polar surface area (TPSA) is 85.5 Å². The third-order valence-electron chi connectivity index (χ3n) is 4.49. The van der Waals surface area contributed by atoms with Crippen LogP contribution in [-0.4, -0.2) is 61.7 Å². The Morgan fingerprint density at radius 1 is 1.35 bits per heavy atom. The maximum Gasteiger partial charge on any atom is 0.259 e. The molecule has 134 valence electrons. The molecule has 3 aromatic rings. The molecule has 0 N–H and O–H groups in total. The number of hydrogen-bond acceptors (Lipinski definition) is 6. The van der Waals surface area contributed by atoms with Crippen LogP contribution in [0.15, 0.2) is 37.1 Å². The number of fused-ring (bicyclic) bond motifs is 1. The third kappa shape index (κ3) is 3.41. The van der Waals surface area contributed by atoms with Crippen molar-refractivity contribution in [1.82, 2.24) is 29.5 Å². The van der Waals surface area contributed by atoms with Crippen molar-refractivity contribution in [3.8, 4) is 0 Å². The van der Waals surface area contributed by atoms with E-state index in [2.05, 4.69) is 20.1 Å². The Kier molecular flexibility index (Phi) is 4.57. The van der Waals surface area contributed by atoms with Crippen LogP contribution in [0, 0.1) is 12.8 Å². The molecule has 4 heterocycles. The van der Waals surface area contributed by atoms with Crippen LogP contribution >= 0.6 is 0 Å². The first-order valence-corrected chi connectivity index (χ1v) is 8.63. The van der Waals surface area contributed by atoms with Crippen LogP contribution in [0.3, 0.4) is 0 Å². The molecule has 1 aliphatic heterocycles. The summed E-state index contributed by atoms with van der Waals surface area (Å²) in [6.07, 6.45) is 7.36. The molecule has 1 fully saturated rings. The molecule has 8 nitrogen and oxygen atoms in total. The number of hydrogen-bond donors (Lipinski definition) is 0. The van der Waals surface area contributed by atoms with Crippen LogP contribution in [0.5, 0.6) is 0 Å². The molecular formula is C18H20N6O2. The zero-order chi connectivity index (χ0) is 17.9. The van der Waals surface area contributed by atoms with E-state index >= 15 is 0 Å². The van der Waals surface area contributed by atoms with Gasteiger partial charge >= 0.3 is 0 Å². The SMILES string of the molecule is Cc1cc(C[C@@H]2COCCN(C(=O)c3cnn4cccnc34)C2)ncn1. The van der Waals surface area contributed by atoms with Gasteiger partial charge in [-0.15, -0.1) is 0 Å². The Balaban J connectivity index is 1.53. The molecule has 0 spiro atoms. The lowest BCUT2D eigenvalue weighted by Gasteiger charge is -2.23. The number of aromatic nitrogens is 5. The van der Waals surface area contributed by atoms with Crippen molar-refractivity contribution in [3.05, 3.63) is 54.0 Å². The minimum absolute atomic E-state index is 0.0620. The number of ether oxygens (including phenoxy) is 1. The normalized spacial score (nSPS) is 18.0. The van der Waals surface area contributed by atoms with Crippen molar-refractivity contribution in [2.45, 2.75) is 13.3 Å². The zero-order valence-corrected chi connectivity index (χ0v) is 14.6. The fourth-order valence-corrected chi connectivity index (χ4v) is 3.25. The van der Waals surface area contributed by atoms with Crippen LogP contribution in [0.4, 0.5) is 0 Å². The lowest BCUT2D eigenvalue weighted by Crippen LogP contribution is -2.36. The third-order valence-corrected chi connectivity index (χ3v) is 4.49. The molecule has 1 amide bonds. The minimum atomic E-state index is -0.0620. The Labute approximate surface area is 150 Å². The molecule has 0 radical (unpaired) electrons. The second-order valence-corrected chi connectivity index (χ2v) is 6.49. The van der Waals surface area contributed by atoms with Crippen molar-refractivity contribution in [3.63, 3.8) is 0 Å². The summed E-state index contributed by atoms with van der Waals surface area (Å²) in [6.45, 7) is 4.26. The molecule has 8 heteroatoms. The molecule has 1 atom stereocenters. The van der Waals surface area contributed by atoms with E-state index in [1.54, 1.807) is 35.5 Å². The first-order chi connectivity index (χ1) is 12.7. The molecule has 0 saturated carbocycles. The Morgan fingerprint density at radius 3 is 3.15 bits per heavy atom. The summed E-state index contributed by atoms with van der Waals surface area (Å²) in [5.41, 5.74) is 3.00. The summed E-state index contributed by atoms with van der Waals surface area (Å²) < 4.78 is 7.33. The average Bonchev–Trinajstić information content (AvgIpc) is 2.94. The predicted molar refractivity (Wildman–Crippen MR) is 93.7 cm³/mol. The van der Waals surface area contributed by atoms with E-state index in [1.165, 1.54) is 0 Å². The van der Waals surface area contributed by atoms with Crippen molar-refractivity contribution in [2.24, 2.45) is 5.92 Å². The van der Waals surface area contributed by atoms with E-state index in [0.717, 1.165) is 17.8 Å². The average molecular weight is 352 g/mol. The molecule has 1 aliphatic rings. The molecule has 4 rings (SSSR count). The molecule has 0 unspecified atom stereocenters. The van der Waals surface area contributed by atoms with Crippen molar-refractivity contribution < 1.29 is 9.53 Å². The highest BCUT2D eigenvalue weighted by Gasteiger charge is 2.26. The first kappa shape index (κ1) is 16.6. The Bertz CT molecular complexity index is 925. The summed E-state index contributed by atoms with van der Waals surface area (Å²) in [5.74, 6) is 0.124. The van der Waals surface area contributed by atoms with Gasteiger partial charge < -0.3 is 9.64 Å². The van der Waals surface area contributed by atoms with Gasteiger partial charge in [-0.05, 0) is 25.5 Å². The van der Waals surface area contributed by atoms with Gasteiger partial charge in [-0.3, -0.25) is 4.79 Å². The number of carbonyl (C=O) groups is 1. The number of amides is 1. The Hall–Kier alpha value is -2.87. The molecule has 1 saturated heterocycles. The minimum Gasteiger partial charge on any atom is -0.379 e. The van der Waals surface area contributed by atoms with Gasteiger partial charge in [0.2, 0.25) is 0 Å². The van der Waals surface area contributed by atoms with Gasteiger partial charge in [0.25, 0.3) is 5.91 Å². The monoisotopic (exact) mass is 352 g/mol. The summed E-state index contributed by atoms with van der Waals surface area (Å²) in [4.78, 5) is 27.6. The lowest BCUT2D eigenvalue weighted by atomic mass is 10.0. The summed E-state index contributed by atoms with van der Waals surface area (Å²) in [7, 11) is 0. The first-order valence-electron chi connectivity index (χ1n) is 8.63. The molecule has 26 heavy (non-hydrogen) atoms. The maximum atomic E-state index is 13.0. The van der Waals surface area contributed by atoms with Crippen molar-refractivity contribution >= 4 is 11.6 Å². The maximum absolute atomic E-state index is 13.0.